The number of methoxy groups -OCH3 is 1. The van der Waals surface area contributed by atoms with Gasteiger partial charge in [0, 0.05) is 10.3 Å². The number of aromatic nitrogens is 2. The molecule has 2 N–H and O–H groups in total. The van der Waals surface area contributed by atoms with E-state index < -0.39 is 11.8 Å². The van der Waals surface area contributed by atoms with Crippen LogP contribution in [-0.4, -0.2) is 28.7 Å². The average Bonchev–Trinajstić information content (AvgIpc) is 3.28. The summed E-state index contributed by atoms with van der Waals surface area (Å²) in [6.45, 7) is 3.61. The number of rotatable bonds is 5. The first kappa shape index (κ1) is 22.2. The van der Waals surface area contributed by atoms with Gasteiger partial charge >= 0.3 is 0 Å². The van der Waals surface area contributed by atoms with Crippen LogP contribution in [0.5, 0.6) is 5.75 Å². The highest BCUT2D eigenvalue weighted by molar-refractivity contribution is 7.17. The van der Waals surface area contributed by atoms with Gasteiger partial charge in [-0.25, -0.2) is 4.68 Å². The third-order valence-electron chi connectivity index (χ3n) is 5.00. The van der Waals surface area contributed by atoms with E-state index in [-0.39, 0.29) is 17.3 Å². The Kier molecular flexibility index (Phi) is 6.23. The van der Waals surface area contributed by atoms with Gasteiger partial charge in [-0.05, 0) is 31.5 Å². The smallest absolute Gasteiger partial charge is 0.290 e. The molecule has 0 spiro atoms. The predicted molar refractivity (Wildman–Crippen MR) is 128 cm³/mol. The minimum absolute atomic E-state index is 0.0438. The monoisotopic (exact) mass is 462 g/mol. The van der Waals surface area contributed by atoms with Crippen LogP contribution in [0.4, 0.5) is 0 Å². The highest BCUT2D eigenvalue weighted by Gasteiger charge is 2.21. The van der Waals surface area contributed by atoms with Gasteiger partial charge in [0.15, 0.2) is 5.69 Å². The second-order valence-electron chi connectivity index (χ2n) is 7.52. The van der Waals surface area contributed by atoms with Crippen molar-refractivity contribution in [2.75, 3.05) is 7.11 Å². The van der Waals surface area contributed by atoms with Crippen molar-refractivity contribution in [3.05, 3.63) is 81.6 Å². The number of thiophene rings is 1. The number of carbonyl (C=O) groups is 2. The number of hydrazine groups is 1. The van der Waals surface area contributed by atoms with Crippen molar-refractivity contribution in [2.24, 2.45) is 0 Å². The Morgan fingerprint density at radius 3 is 2.27 bits per heavy atom. The summed E-state index contributed by atoms with van der Waals surface area (Å²) in [5.74, 6) is -0.746. The Bertz CT molecular complexity index is 1390. The first-order valence-electron chi connectivity index (χ1n) is 10.3. The van der Waals surface area contributed by atoms with Crippen LogP contribution in [0.2, 0.25) is 0 Å². The van der Waals surface area contributed by atoms with E-state index in [9.17, 15) is 14.4 Å². The van der Waals surface area contributed by atoms with Crippen molar-refractivity contribution in [1.29, 1.82) is 0 Å². The molecule has 2 heterocycles. The predicted octanol–water partition coefficient (Wildman–Crippen LogP) is 3.79. The number of fused-ring (bicyclic) bond motifs is 1. The Labute approximate surface area is 193 Å². The second kappa shape index (κ2) is 9.25. The van der Waals surface area contributed by atoms with Gasteiger partial charge in [0.2, 0.25) is 0 Å². The van der Waals surface area contributed by atoms with Crippen LogP contribution in [0.3, 0.4) is 0 Å². The van der Waals surface area contributed by atoms with E-state index in [4.69, 9.17) is 4.74 Å². The van der Waals surface area contributed by atoms with Crippen LogP contribution in [-0.2, 0) is 0 Å². The molecule has 0 saturated heterocycles. The number of nitrogens with zero attached hydrogens (tertiary/aromatic N) is 2. The molecule has 0 aliphatic carbocycles. The lowest BCUT2D eigenvalue weighted by atomic mass is 10.1. The van der Waals surface area contributed by atoms with Gasteiger partial charge < -0.3 is 4.74 Å². The third-order valence-corrected chi connectivity index (χ3v) is 6.17. The molecule has 33 heavy (non-hydrogen) atoms. The maximum atomic E-state index is 12.9. The molecule has 2 aromatic heterocycles. The SMILES string of the molecule is COc1cc(-c2ccccc2)sc1C(=O)NNC(=O)c1nn(C(C)C)c(=O)c2ccccc12. The molecular weight excluding hydrogens is 440 g/mol. The summed E-state index contributed by atoms with van der Waals surface area (Å²) in [4.78, 5) is 39.6. The van der Waals surface area contributed by atoms with Crippen molar-refractivity contribution in [3.8, 4) is 16.2 Å². The highest BCUT2D eigenvalue weighted by atomic mass is 32.1. The average molecular weight is 463 g/mol. The van der Waals surface area contributed by atoms with E-state index in [1.54, 1.807) is 44.2 Å². The molecular formula is C24H22N4O4S. The van der Waals surface area contributed by atoms with E-state index in [1.165, 1.54) is 23.1 Å². The summed E-state index contributed by atoms with van der Waals surface area (Å²) < 4.78 is 6.62. The van der Waals surface area contributed by atoms with E-state index in [0.717, 1.165) is 10.4 Å². The Balaban J connectivity index is 1.60. The summed E-state index contributed by atoms with van der Waals surface area (Å²) >= 11 is 1.25. The molecule has 2 amide bonds. The standard InChI is InChI=1S/C24H22N4O4S/c1-14(2)28-24(31)17-12-8-7-11-16(17)20(27-28)22(29)25-26-23(30)21-18(32-3)13-19(33-21)15-9-5-4-6-10-15/h4-14H,1-3H3,(H,25,29)(H,26,30). The summed E-state index contributed by atoms with van der Waals surface area (Å²) in [5.41, 5.74) is 5.56. The van der Waals surface area contributed by atoms with E-state index >= 15 is 0 Å². The number of hydrogen-bond acceptors (Lipinski definition) is 6. The number of benzene rings is 2. The van der Waals surface area contributed by atoms with Crippen molar-refractivity contribution in [3.63, 3.8) is 0 Å². The molecule has 0 atom stereocenters. The van der Waals surface area contributed by atoms with Crippen LogP contribution in [0.1, 0.15) is 40.0 Å². The second-order valence-corrected chi connectivity index (χ2v) is 8.57. The summed E-state index contributed by atoms with van der Waals surface area (Å²) in [6.07, 6.45) is 0. The molecule has 0 aliphatic heterocycles. The maximum absolute atomic E-state index is 12.9. The van der Waals surface area contributed by atoms with Gasteiger partial charge in [-0.2, -0.15) is 5.10 Å². The summed E-state index contributed by atoms with van der Waals surface area (Å²) in [7, 11) is 1.48. The normalized spacial score (nSPS) is 10.9. The maximum Gasteiger partial charge on any atom is 0.290 e. The largest absolute Gasteiger partial charge is 0.495 e. The lowest BCUT2D eigenvalue weighted by molar-refractivity contribution is 0.0844. The molecule has 0 aliphatic rings. The van der Waals surface area contributed by atoms with Crippen molar-refractivity contribution in [2.45, 2.75) is 19.9 Å². The van der Waals surface area contributed by atoms with Gasteiger partial charge in [0.25, 0.3) is 17.4 Å². The number of carbonyl (C=O) groups excluding carboxylic acids is 2. The Morgan fingerprint density at radius 1 is 0.970 bits per heavy atom. The highest BCUT2D eigenvalue weighted by Crippen LogP contribution is 2.36. The van der Waals surface area contributed by atoms with E-state index in [0.29, 0.717) is 21.4 Å². The molecule has 8 nitrogen and oxygen atoms in total. The third kappa shape index (κ3) is 4.35. The lowest BCUT2D eigenvalue weighted by Gasteiger charge is -2.13. The first-order chi connectivity index (χ1) is 15.9. The van der Waals surface area contributed by atoms with Crippen molar-refractivity contribution in [1.82, 2.24) is 20.6 Å². The van der Waals surface area contributed by atoms with Crippen molar-refractivity contribution >= 4 is 33.9 Å². The fourth-order valence-electron chi connectivity index (χ4n) is 3.38. The van der Waals surface area contributed by atoms with E-state index in [2.05, 4.69) is 16.0 Å². The topological polar surface area (TPSA) is 102 Å². The first-order valence-corrected chi connectivity index (χ1v) is 11.1. The van der Waals surface area contributed by atoms with Gasteiger partial charge in [-0.1, -0.05) is 48.5 Å². The summed E-state index contributed by atoms with van der Waals surface area (Å²) in [6, 6.07) is 17.9. The van der Waals surface area contributed by atoms with Crippen LogP contribution in [0.25, 0.3) is 21.2 Å². The minimum Gasteiger partial charge on any atom is -0.495 e. The minimum atomic E-state index is -0.632. The molecule has 2 aromatic carbocycles. The van der Waals surface area contributed by atoms with Gasteiger partial charge in [0.1, 0.15) is 10.6 Å². The fourth-order valence-corrected chi connectivity index (χ4v) is 4.41. The molecule has 0 unspecified atom stereocenters. The molecule has 0 saturated carbocycles. The van der Waals surface area contributed by atoms with Gasteiger partial charge in [0.05, 0.1) is 18.5 Å². The zero-order valence-electron chi connectivity index (χ0n) is 18.3. The molecule has 0 fully saturated rings. The van der Waals surface area contributed by atoms with Gasteiger partial charge in [-0.3, -0.25) is 25.2 Å². The van der Waals surface area contributed by atoms with Crippen LogP contribution in [0, 0.1) is 0 Å². The molecule has 4 aromatic rings. The zero-order valence-corrected chi connectivity index (χ0v) is 19.1. The molecule has 0 radical (unpaired) electrons. The van der Waals surface area contributed by atoms with Crippen LogP contribution < -0.4 is 21.1 Å². The lowest BCUT2D eigenvalue weighted by Crippen LogP contribution is -2.42. The van der Waals surface area contributed by atoms with E-state index in [1.807, 2.05) is 30.3 Å². The fraction of sp³-hybridized carbons (Fsp3) is 0.167. The number of amides is 2. The van der Waals surface area contributed by atoms with Crippen molar-refractivity contribution < 1.29 is 14.3 Å². The van der Waals surface area contributed by atoms with Crippen LogP contribution in [0.15, 0.2) is 65.5 Å². The Morgan fingerprint density at radius 2 is 1.61 bits per heavy atom. The quantitative estimate of drug-likeness (QED) is 0.440. The molecule has 4 rings (SSSR count). The number of nitrogens with one attached hydrogen (secondary N) is 2. The molecule has 168 valence electrons. The molecule has 0 bridgehead atoms. The number of ether oxygens (including phenoxy) is 1. The number of hydrogen-bond donors (Lipinski definition) is 2. The summed E-state index contributed by atoms with van der Waals surface area (Å²) in [5, 5.41) is 5.04. The Hall–Kier alpha value is -3.98. The zero-order chi connectivity index (χ0) is 23.5. The van der Waals surface area contributed by atoms with Crippen LogP contribution >= 0.6 is 11.3 Å². The molecule has 9 heteroatoms. The van der Waals surface area contributed by atoms with Gasteiger partial charge in [-0.15, -0.1) is 11.3 Å².